The Kier molecular flexibility index (Phi) is 3.51. The molecule has 0 saturated heterocycles. The highest BCUT2D eigenvalue weighted by molar-refractivity contribution is 6.33. The zero-order valence-corrected chi connectivity index (χ0v) is 7.98. The van der Waals surface area contributed by atoms with Gasteiger partial charge in [-0.05, 0) is 19.1 Å². The fourth-order valence-electron chi connectivity index (χ4n) is 0.916. The molecule has 0 aliphatic rings. The predicted octanol–water partition coefficient (Wildman–Crippen LogP) is 2.27. The van der Waals surface area contributed by atoms with Crippen molar-refractivity contribution < 1.29 is 9.50 Å². The number of hydrogen-bond acceptors (Lipinski definition) is 2. The molecule has 1 aromatic carbocycles. The van der Waals surface area contributed by atoms with E-state index in [-0.39, 0.29) is 12.2 Å². The smallest absolute Gasteiger partial charge is 0.147 e. The quantitative estimate of drug-likeness (QED) is 0.790. The van der Waals surface area contributed by atoms with Crippen LogP contribution in [0.1, 0.15) is 6.92 Å². The number of hydrogen-bond donors (Lipinski definition) is 2. The molecule has 1 aromatic rings. The van der Waals surface area contributed by atoms with Crippen molar-refractivity contribution in [3.8, 4) is 0 Å². The molecule has 0 amide bonds. The minimum Gasteiger partial charge on any atom is -0.392 e. The standard InChI is InChI=1S/C9H11ClFNO/c1-6(13)5-12-9-7(10)3-2-4-8(9)11/h2-4,6,12-13H,5H2,1H3/t6-/m1/s1. The molecule has 0 aliphatic heterocycles. The van der Waals surface area contributed by atoms with Crippen molar-refractivity contribution in [3.05, 3.63) is 29.0 Å². The summed E-state index contributed by atoms with van der Waals surface area (Å²) in [6.45, 7) is 1.89. The Morgan fingerprint density at radius 2 is 2.31 bits per heavy atom. The van der Waals surface area contributed by atoms with Crippen LogP contribution in [0.2, 0.25) is 5.02 Å². The van der Waals surface area contributed by atoms with Gasteiger partial charge in [0.05, 0.1) is 16.8 Å². The first-order valence-corrected chi connectivity index (χ1v) is 4.35. The molecule has 0 radical (unpaired) electrons. The molecule has 0 aliphatic carbocycles. The molecule has 0 unspecified atom stereocenters. The third kappa shape index (κ3) is 2.86. The molecule has 1 rings (SSSR count). The van der Waals surface area contributed by atoms with E-state index in [0.717, 1.165) is 0 Å². The lowest BCUT2D eigenvalue weighted by atomic mass is 10.3. The predicted molar refractivity (Wildman–Crippen MR) is 51.6 cm³/mol. The molecule has 2 nitrogen and oxygen atoms in total. The van der Waals surface area contributed by atoms with E-state index in [0.29, 0.717) is 5.02 Å². The maximum absolute atomic E-state index is 13.1. The summed E-state index contributed by atoms with van der Waals surface area (Å²) in [5.41, 5.74) is 0.241. The Hall–Kier alpha value is -0.800. The normalized spacial score (nSPS) is 12.6. The van der Waals surface area contributed by atoms with Crippen LogP contribution in [-0.2, 0) is 0 Å². The summed E-state index contributed by atoms with van der Waals surface area (Å²) in [5, 5.41) is 12.0. The molecule has 0 aromatic heterocycles. The first-order chi connectivity index (χ1) is 6.11. The van der Waals surface area contributed by atoms with Crippen molar-refractivity contribution in [1.29, 1.82) is 0 Å². The van der Waals surface area contributed by atoms with Crippen LogP contribution in [0.15, 0.2) is 18.2 Å². The summed E-state index contributed by atoms with van der Waals surface area (Å²) in [6.07, 6.45) is -0.532. The maximum Gasteiger partial charge on any atom is 0.147 e. The third-order valence-electron chi connectivity index (χ3n) is 1.54. The van der Waals surface area contributed by atoms with Crippen LogP contribution in [0.25, 0.3) is 0 Å². The van der Waals surface area contributed by atoms with E-state index in [1.807, 2.05) is 0 Å². The van der Waals surface area contributed by atoms with Gasteiger partial charge in [-0.15, -0.1) is 0 Å². The summed E-state index contributed by atoms with van der Waals surface area (Å²) in [6, 6.07) is 4.44. The largest absolute Gasteiger partial charge is 0.392 e. The molecule has 72 valence electrons. The number of rotatable bonds is 3. The highest BCUT2D eigenvalue weighted by Gasteiger charge is 2.06. The summed E-state index contributed by atoms with van der Waals surface area (Å²) in [7, 11) is 0. The summed E-state index contributed by atoms with van der Waals surface area (Å²) < 4.78 is 13.1. The van der Waals surface area contributed by atoms with E-state index in [2.05, 4.69) is 5.32 Å². The van der Waals surface area contributed by atoms with Crippen molar-refractivity contribution in [1.82, 2.24) is 0 Å². The molecule has 0 saturated carbocycles. The molecule has 0 bridgehead atoms. The van der Waals surface area contributed by atoms with Gasteiger partial charge in [0.1, 0.15) is 5.82 Å². The first-order valence-electron chi connectivity index (χ1n) is 3.97. The SMILES string of the molecule is C[C@@H](O)CNc1c(F)cccc1Cl. The Bertz CT molecular complexity index is 271. The number of anilines is 1. The molecular weight excluding hydrogens is 193 g/mol. The van der Waals surface area contributed by atoms with Crippen LogP contribution >= 0.6 is 11.6 Å². The minimum absolute atomic E-state index is 0.241. The van der Waals surface area contributed by atoms with Crippen molar-refractivity contribution in [3.63, 3.8) is 0 Å². The van der Waals surface area contributed by atoms with Gasteiger partial charge in [-0.2, -0.15) is 0 Å². The van der Waals surface area contributed by atoms with Gasteiger partial charge in [0.15, 0.2) is 0 Å². The van der Waals surface area contributed by atoms with Crippen LogP contribution in [-0.4, -0.2) is 17.8 Å². The number of nitrogens with one attached hydrogen (secondary N) is 1. The van der Waals surface area contributed by atoms with Crippen molar-refractivity contribution >= 4 is 17.3 Å². The molecule has 4 heteroatoms. The summed E-state index contributed by atoms with van der Waals surface area (Å²) >= 11 is 5.73. The lowest BCUT2D eigenvalue weighted by molar-refractivity contribution is 0.208. The van der Waals surface area contributed by atoms with Crippen LogP contribution in [0.3, 0.4) is 0 Å². The number of para-hydroxylation sites is 1. The minimum atomic E-state index is -0.532. The highest BCUT2D eigenvalue weighted by Crippen LogP contribution is 2.24. The van der Waals surface area contributed by atoms with E-state index in [4.69, 9.17) is 16.7 Å². The second kappa shape index (κ2) is 4.44. The molecule has 0 spiro atoms. The van der Waals surface area contributed by atoms with Crippen molar-refractivity contribution in [2.24, 2.45) is 0 Å². The Morgan fingerprint density at radius 3 is 2.85 bits per heavy atom. The Labute approximate surface area is 81.3 Å². The topological polar surface area (TPSA) is 32.3 Å². The average molecular weight is 204 g/mol. The van der Waals surface area contributed by atoms with Crippen molar-refractivity contribution in [2.45, 2.75) is 13.0 Å². The number of benzene rings is 1. The highest BCUT2D eigenvalue weighted by atomic mass is 35.5. The number of aliphatic hydroxyl groups is 1. The van der Waals surface area contributed by atoms with E-state index in [9.17, 15) is 4.39 Å². The van der Waals surface area contributed by atoms with Gasteiger partial charge in [0.2, 0.25) is 0 Å². The monoisotopic (exact) mass is 203 g/mol. The van der Waals surface area contributed by atoms with Gasteiger partial charge in [0.25, 0.3) is 0 Å². The summed E-state index contributed by atoms with van der Waals surface area (Å²) in [5.74, 6) is -0.409. The first kappa shape index (κ1) is 10.3. The van der Waals surface area contributed by atoms with E-state index >= 15 is 0 Å². The fourth-order valence-corrected chi connectivity index (χ4v) is 1.15. The zero-order chi connectivity index (χ0) is 9.84. The molecule has 0 fully saturated rings. The molecule has 1 atom stereocenters. The van der Waals surface area contributed by atoms with Gasteiger partial charge in [-0.1, -0.05) is 17.7 Å². The van der Waals surface area contributed by atoms with Gasteiger partial charge < -0.3 is 10.4 Å². The van der Waals surface area contributed by atoms with Gasteiger partial charge in [-0.3, -0.25) is 0 Å². The maximum atomic E-state index is 13.1. The second-order valence-corrected chi connectivity index (χ2v) is 3.23. The number of aliphatic hydroxyl groups excluding tert-OH is 1. The van der Waals surface area contributed by atoms with E-state index in [1.165, 1.54) is 12.1 Å². The van der Waals surface area contributed by atoms with E-state index in [1.54, 1.807) is 13.0 Å². The van der Waals surface area contributed by atoms with Crippen molar-refractivity contribution in [2.75, 3.05) is 11.9 Å². The van der Waals surface area contributed by atoms with Crippen LogP contribution in [0, 0.1) is 5.82 Å². The lowest BCUT2D eigenvalue weighted by Crippen LogP contribution is -2.16. The number of halogens is 2. The van der Waals surface area contributed by atoms with Gasteiger partial charge in [-0.25, -0.2) is 4.39 Å². The average Bonchev–Trinajstić information content (AvgIpc) is 2.03. The zero-order valence-electron chi connectivity index (χ0n) is 7.22. The fraction of sp³-hybridized carbons (Fsp3) is 0.333. The van der Waals surface area contributed by atoms with Gasteiger partial charge >= 0.3 is 0 Å². The molecule has 2 N–H and O–H groups in total. The van der Waals surface area contributed by atoms with Crippen LogP contribution in [0.5, 0.6) is 0 Å². The Morgan fingerprint density at radius 1 is 1.62 bits per heavy atom. The van der Waals surface area contributed by atoms with Crippen LogP contribution in [0.4, 0.5) is 10.1 Å². The molecular formula is C9H11ClFNO. The lowest BCUT2D eigenvalue weighted by Gasteiger charge is -2.10. The molecule has 0 heterocycles. The van der Waals surface area contributed by atoms with Crippen LogP contribution < -0.4 is 5.32 Å². The van der Waals surface area contributed by atoms with Gasteiger partial charge in [0, 0.05) is 6.54 Å². The second-order valence-electron chi connectivity index (χ2n) is 2.83. The third-order valence-corrected chi connectivity index (χ3v) is 1.85. The summed E-state index contributed by atoms with van der Waals surface area (Å²) in [4.78, 5) is 0. The molecule has 13 heavy (non-hydrogen) atoms. The van der Waals surface area contributed by atoms with E-state index < -0.39 is 11.9 Å². The Balaban J connectivity index is 2.75.